The summed E-state index contributed by atoms with van der Waals surface area (Å²) < 4.78 is 25.1. The Morgan fingerprint density at radius 1 is 1.06 bits per heavy atom. The molecule has 1 amide bonds. The highest BCUT2D eigenvalue weighted by Crippen LogP contribution is 2.44. The van der Waals surface area contributed by atoms with Crippen molar-refractivity contribution in [1.82, 2.24) is 15.1 Å². The summed E-state index contributed by atoms with van der Waals surface area (Å²) in [5.41, 5.74) is 4.11. The van der Waals surface area contributed by atoms with E-state index in [1.165, 1.54) is 12.1 Å². The minimum Gasteiger partial charge on any atom is -0.454 e. The van der Waals surface area contributed by atoms with Crippen LogP contribution in [0.1, 0.15) is 33.2 Å². The third-order valence-electron chi connectivity index (χ3n) is 5.94. The summed E-state index contributed by atoms with van der Waals surface area (Å²) in [4.78, 5) is 15.2. The minimum absolute atomic E-state index is 0.175. The number of ether oxygens (including phenoxy) is 2. The van der Waals surface area contributed by atoms with Gasteiger partial charge < -0.3 is 14.4 Å². The largest absolute Gasteiger partial charge is 0.454 e. The Balaban J connectivity index is 1.46. The van der Waals surface area contributed by atoms with Crippen LogP contribution in [0.5, 0.6) is 11.5 Å². The molecule has 0 saturated heterocycles. The highest BCUT2D eigenvalue weighted by atomic mass is 35.5. The second kappa shape index (κ2) is 7.64. The molecule has 6 rings (SSSR count). The maximum Gasteiger partial charge on any atom is 0.273 e. The van der Waals surface area contributed by atoms with Crippen LogP contribution in [0.25, 0.3) is 11.3 Å². The highest BCUT2D eigenvalue weighted by molar-refractivity contribution is 6.30. The Bertz CT molecular complexity index is 1390. The Morgan fingerprint density at radius 2 is 1.88 bits per heavy atom. The molecule has 0 radical (unpaired) electrons. The molecule has 33 heavy (non-hydrogen) atoms. The van der Waals surface area contributed by atoms with Gasteiger partial charge in [0.05, 0.1) is 11.7 Å². The fourth-order valence-corrected chi connectivity index (χ4v) is 4.57. The molecular formula is C25H17ClFN3O3. The van der Waals surface area contributed by atoms with Gasteiger partial charge in [0, 0.05) is 22.7 Å². The predicted octanol–water partition coefficient (Wildman–Crippen LogP) is 5.34. The molecule has 4 aromatic rings. The monoisotopic (exact) mass is 461 g/mol. The van der Waals surface area contributed by atoms with E-state index >= 15 is 0 Å². The molecule has 0 spiro atoms. The van der Waals surface area contributed by atoms with E-state index in [1.54, 1.807) is 23.1 Å². The number of hydrogen-bond donors (Lipinski definition) is 1. The van der Waals surface area contributed by atoms with E-state index in [2.05, 4.69) is 10.2 Å². The fourth-order valence-electron chi connectivity index (χ4n) is 4.45. The molecule has 6 nitrogen and oxygen atoms in total. The standard InChI is InChI=1S/C25H17ClFN3O3/c26-17-7-5-15(6-8-17)22-21-23(29-28-22)25(31)30(24(21)16-2-1-3-18(27)11-16)12-14-4-9-19-20(10-14)33-13-32-19/h1-11,24H,12-13H2,(H,28,29). The van der Waals surface area contributed by atoms with Crippen LogP contribution in [0.15, 0.2) is 66.7 Å². The van der Waals surface area contributed by atoms with Gasteiger partial charge >= 0.3 is 0 Å². The molecule has 2 aliphatic heterocycles. The molecule has 0 fully saturated rings. The topological polar surface area (TPSA) is 67.5 Å². The summed E-state index contributed by atoms with van der Waals surface area (Å²) in [7, 11) is 0. The number of amides is 1. The third kappa shape index (κ3) is 3.32. The van der Waals surface area contributed by atoms with Gasteiger partial charge in [0.1, 0.15) is 11.5 Å². The normalized spacial score (nSPS) is 16.4. The summed E-state index contributed by atoms with van der Waals surface area (Å²) in [5.74, 6) is 0.744. The van der Waals surface area contributed by atoms with Gasteiger partial charge in [-0.2, -0.15) is 5.10 Å². The first kappa shape index (κ1) is 19.8. The second-order valence-electron chi connectivity index (χ2n) is 7.95. The summed E-state index contributed by atoms with van der Waals surface area (Å²) in [5, 5.41) is 7.94. The number of aromatic amines is 1. The SMILES string of the molecule is O=C1c2[nH]nc(-c3ccc(Cl)cc3)c2C(c2cccc(F)c2)N1Cc1ccc2c(c1)OCO2. The number of fused-ring (bicyclic) bond motifs is 2. The Hall–Kier alpha value is -3.84. The summed E-state index contributed by atoms with van der Waals surface area (Å²) in [6.45, 7) is 0.479. The van der Waals surface area contributed by atoms with E-state index in [0.717, 1.165) is 11.1 Å². The molecule has 3 heterocycles. The lowest BCUT2D eigenvalue weighted by atomic mass is 9.96. The van der Waals surface area contributed by atoms with Crippen LogP contribution in [0.4, 0.5) is 4.39 Å². The molecule has 2 aliphatic rings. The third-order valence-corrected chi connectivity index (χ3v) is 6.19. The molecule has 1 atom stereocenters. The minimum atomic E-state index is -0.516. The van der Waals surface area contributed by atoms with Crippen molar-refractivity contribution in [1.29, 1.82) is 0 Å². The Labute approximate surface area is 193 Å². The van der Waals surface area contributed by atoms with Gasteiger partial charge in [0.25, 0.3) is 5.91 Å². The van der Waals surface area contributed by atoms with Crippen LogP contribution in [-0.4, -0.2) is 27.8 Å². The van der Waals surface area contributed by atoms with Crippen LogP contribution in [0.3, 0.4) is 0 Å². The molecule has 0 aliphatic carbocycles. The van der Waals surface area contributed by atoms with Crippen molar-refractivity contribution in [2.75, 3.05) is 6.79 Å². The van der Waals surface area contributed by atoms with Crippen LogP contribution in [-0.2, 0) is 6.54 Å². The second-order valence-corrected chi connectivity index (χ2v) is 8.38. The van der Waals surface area contributed by atoms with Gasteiger partial charge in [0.15, 0.2) is 11.5 Å². The number of benzene rings is 3. The van der Waals surface area contributed by atoms with Crippen LogP contribution in [0, 0.1) is 5.82 Å². The van der Waals surface area contributed by atoms with E-state index in [1.807, 2.05) is 36.4 Å². The van der Waals surface area contributed by atoms with E-state index in [-0.39, 0.29) is 18.5 Å². The number of nitrogens with one attached hydrogen (secondary N) is 1. The zero-order valence-electron chi connectivity index (χ0n) is 17.2. The quantitative estimate of drug-likeness (QED) is 0.445. The van der Waals surface area contributed by atoms with Crippen molar-refractivity contribution in [2.24, 2.45) is 0 Å². The molecule has 0 bridgehead atoms. The Morgan fingerprint density at radius 3 is 2.70 bits per heavy atom. The zero-order chi connectivity index (χ0) is 22.5. The average Bonchev–Trinajstić information content (AvgIpc) is 3.51. The first-order valence-corrected chi connectivity index (χ1v) is 10.8. The molecule has 1 unspecified atom stereocenters. The number of carbonyl (C=O) groups excluding carboxylic acids is 1. The smallest absolute Gasteiger partial charge is 0.273 e. The molecular weight excluding hydrogens is 445 g/mol. The van der Waals surface area contributed by atoms with Crippen LogP contribution >= 0.6 is 11.6 Å². The number of hydrogen-bond acceptors (Lipinski definition) is 4. The van der Waals surface area contributed by atoms with Gasteiger partial charge in [-0.25, -0.2) is 4.39 Å². The van der Waals surface area contributed by atoms with Gasteiger partial charge in [-0.1, -0.05) is 41.9 Å². The molecule has 164 valence electrons. The fraction of sp³-hybridized carbons (Fsp3) is 0.120. The lowest BCUT2D eigenvalue weighted by Gasteiger charge is -2.26. The van der Waals surface area contributed by atoms with Crippen molar-refractivity contribution >= 4 is 17.5 Å². The predicted molar refractivity (Wildman–Crippen MR) is 120 cm³/mol. The molecule has 0 saturated carbocycles. The molecule has 3 aromatic carbocycles. The van der Waals surface area contributed by atoms with Crippen molar-refractivity contribution < 1.29 is 18.7 Å². The zero-order valence-corrected chi connectivity index (χ0v) is 18.0. The maximum absolute atomic E-state index is 14.2. The van der Waals surface area contributed by atoms with E-state index in [0.29, 0.717) is 45.6 Å². The van der Waals surface area contributed by atoms with Gasteiger partial charge in [-0.15, -0.1) is 0 Å². The van der Waals surface area contributed by atoms with Crippen molar-refractivity contribution in [3.8, 4) is 22.8 Å². The summed E-state index contributed by atoms with van der Waals surface area (Å²) >= 11 is 6.06. The molecule has 1 N–H and O–H groups in total. The number of halogens is 2. The number of H-pyrrole nitrogens is 1. The number of rotatable bonds is 4. The van der Waals surface area contributed by atoms with Crippen LogP contribution < -0.4 is 9.47 Å². The molecule has 1 aromatic heterocycles. The van der Waals surface area contributed by atoms with E-state index in [9.17, 15) is 9.18 Å². The summed E-state index contributed by atoms with van der Waals surface area (Å²) in [6.07, 6.45) is 0. The van der Waals surface area contributed by atoms with Crippen molar-refractivity contribution in [3.05, 3.63) is 100.0 Å². The summed E-state index contributed by atoms with van der Waals surface area (Å²) in [6, 6.07) is 18.6. The average molecular weight is 462 g/mol. The van der Waals surface area contributed by atoms with Crippen LogP contribution in [0.2, 0.25) is 5.02 Å². The Kier molecular flexibility index (Phi) is 4.58. The number of nitrogens with zero attached hydrogens (tertiary/aromatic N) is 2. The van der Waals surface area contributed by atoms with Crippen molar-refractivity contribution in [2.45, 2.75) is 12.6 Å². The lowest BCUT2D eigenvalue weighted by molar-refractivity contribution is 0.0729. The van der Waals surface area contributed by atoms with E-state index < -0.39 is 6.04 Å². The van der Waals surface area contributed by atoms with Gasteiger partial charge in [0.2, 0.25) is 6.79 Å². The number of aromatic nitrogens is 2. The molecule has 8 heteroatoms. The maximum atomic E-state index is 14.2. The first-order chi connectivity index (χ1) is 16.1. The van der Waals surface area contributed by atoms with Crippen molar-refractivity contribution in [3.63, 3.8) is 0 Å². The lowest BCUT2D eigenvalue weighted by Crippen LogP contribution is -2.29. The van der Waals surface area contributed by atoms with Gasteiger partial charge in [-0.3, -0.25) is 9.89 Å². The highest BCUT2D eigenvalue weighted by Gasteiger charge is 2.42. The first-order valence-electron chi connectivity index (χ1n) is 10.4. The van der Waals surface area contributed by atoms with Gasteiger partial charge in [-0.05, 0) is 47.5 Å². The van der Waals surface area contributed by atoms with E-state index in [4.69, 9.17) is 21.1 Å². The number of carbonyl (C=O) groups is 1.